The van der Waals surface area contributed by atoms with Gasteiger partial charge >= 0.3 is 6.09 Å². The lowest BCUT2D eigenvalue weighted by molar-refractivity contribution is -0.129. The van der Waals surface area contributed by atoms with Gasteiger partial charge in [0.2, 0.25) is 11.8 Å². The maximum atomic E-state index is 12.6. The molecule has 2 fully saturated rings. The second kappa shape index (κ2) is 9.62. The van der Waals surface area contributed by atoms with Crippen molar-refractivity contribution in [3.63, 3.8) is 0 Å². The number of rotatable bonds is 6. The fraction of sp³-hybridized carbons (Fsp3) is 0.571. The normalized spacial score (nSPS) is 19.9. The summed E-state index contributed by atoms with van der Waals surface area (Å²) in [4.78, 5) is 40.2. The van der Waals surface area contributed by atoms with E-state index in [1.54, 1.807) is 23.8 Å². The van der Waals surface area contributed by atoms with Crippen LogP contribution in [-0.4, -0.2) is 67.1 Å². The number of hydrogen-bond donors (Lipinski definition) is 1. The van der Waals surface area contributed by atoms with Gasteiger partial charge in [-0.3, -0.25) is 9.59 Å². The van der Waals surface area contributed by atoms with Crippen LogP contribution in [0.25, 0.3) is 0 Å². The van der Waals surface area contributed by atoms with Crippen molar-refractivity contribution >= 4 is 17.9 Å². The van der Waals surface area contributed by atoms with Gasteiger partial charge in [0.1, 0.15) is 5.75 Å². The molecule has 0 aromatic heterocycles. The molecular weight excluding hydrogens is 374 g/mol. The summed E-state index contributed by atoms with van der Waals surface area (Å²) in [5, 5.41) is 3.06. The summed E-state index contributed by atoms with van der Waals surface area (Å²) < 4.78 is 10.2. The number of nitrogens with zero attached hydrogens (tertiary/aromatic N) is 2. The number of benzene rings is 1. The van der Waals surface area contributed by atoms with E-state index in [1.165, 1.54) is 0 Å². The average Bonchev–Trinajstić information content (AvgIpc) is 3.10. The molecule has 0 saturated carbocycles. The van der Waals surface area contributed by atoms with E-state index in [4.69, 9.17) is 9.47 Å². The summed E-state index contributed by atoms with van der Waals surface area (Å²) in [6.07, 6.45) is 1.33. The number of amides is 3. The fourth-order valence-electron chi connectivity index (χ4n) is 3.79. The average molecular weight is 403 g/mol. The summed E-state index contributed by atoms with van der Waals surface area (Å²) >= 11 is 0. The van der Waals surface area contributed by atoms with Crippen molar-refractivity contribution in [2.45, 2.75) is 38.8 Å². The van der Waals surface area contributed by atoms with Crippen molar-refractivity contribution in [3.8, 4) is 5.75 Å². The van der Waals surface area contributed by atoms with Crippen LogP contribution in [0.1, 0.15) is 31.7 Å². The first-order valence-electron chi connectivity index (χ1n) is 10.1. The number of piperidine rings is 1. The lowest BCUT2D eigenvalue weighted by atomic mass is 10.0. The Hall–Kier alpha value is -2.77. The highest BCUT2D eigenvalue weighted by atomic mass is 16.6. The van der Waals surface area contributed by atoms with Crippen LogP contribution in [0.5, 0.6) is 5.75 Å². The molecule has 1 unspecified atom stereocenters. The molecule has 2 aliphatic heterocycles. The van der Waals surface area contributed by atoms with Gasteiger partial charge in [-0.2, -0.15) is 0 Å². The van der Waals surface area contributed by atoms with Gasteiger partial charge in [0.15, 0.2) is 0 Å². The van der Waals surface area contributed by atoms with Crippen molar-refractivity contribution < 1.29 is 23.9 Å². The molecule has 3 amide bonds. The second-order valence-electron chi connectivity index (χ2n) is 7.49. The van der Waals surface area contributed by atoms with Gasteiger partial charge in [0.05, 0.1) is 19.6 Å². The number of carbonyl (C=O) groups excluding carboxylic acids is 3. The molecule has 0 spiro atoms. The van der Waals surface area contributed by atoms with Gasteiger partial charge in [0, 0.05) is 38.6 Å². The standard InChI is InChI=1S/C21H29N3O5/c1-3-29-21(27)23-10-8-17(9-11-23)22-20(26)16-12-19(25)24(14-16)13-15-4-6-18(28-2)7-5-15/h4-7,16-17H,3,8-14H2,1-2H3,(H,22,26). The highest BCUT2D eigenvalue weighted by Crippen LogP contribution is 2.22. The van der Waals surface area contributed by atoms with Crippen molar-refractivity contribution in [2.24, 2.45) is 5.92 Å². The lowest BCUT2D eigenvalue weighted by Crippen LogP contribution is -2.48. The van der Waals surface area contributed by atoms with Crippen LogP contribution in [0.3, 0.4) is 0 Å². The van der Waals surface area contributed by atoms with Gasteiger partial charge in [-0.1, -0.05) is 12.1 Å². The molecule has 1 N–H and O–H groups in total. The summed E-state index contributed by atoms with van der Waals surface area (Å²) in [6.45, 7) is 4.20. The molecule has 1 aromatic carbocycles. The molecule has 1 atom stereocenters. The molecule has 2 aliphatic rings. The Morgan fingerprint density at radius 2 is 1.86 bits per heavy atom. The Morgan fingerprint density at radius 1 is 1.17 bits per heavy atom. The Bertz CT molecular complexity index is 728. The molecule has 0 bridgehead atoms. The molecule has 0 radical (unpaired) electrons. The lowest BCUT2D eigenvalue weighted by Gasteiger charge is -2.32. The van der Waals surface area contributed by atoms with E-state index in [9.17, 15) is 14.4 Å². The highest BCUT2D eigenvalue weighted by molar-refractivity contribution is 5.89. The van der Waals surface area contributed by atoms with E-state index in [0.717, 1.165) is 11.3 Å². The minimum absolute atomic E-state index is 0.00176. The highest BCUT2D eigenvalue weighted by Gasteiger charge is 2.35. The zero-order valence-corrected chi connectivity index (χ0v) is 17.1. The van der Waals surface area contributed by atoms with Crippen molar-refractivity contribution in [2.75, 3.05) is 33.4 Å². The van der Waals surface area contributed by atoms with Crippen molar-refractivity contribution in [3.05, 3.63) is 29.8 Å². The Labute approximate surface area is 171 Å². The number of carbonyl (C=O) groups is 3. The summed E-state index contributed by atoms with van der Waals surface area (Å²) in [7, 11) is 1.61. The molecule has 2 saturated heterocycles. The number of nitrogens with one attached hydrogen (secondary N) is 1. The van der Waals surface area contributed by atoms with Gasteiger partial charge in [-0.05, 0) is 37.5 Å². The monoisotopic (exact) mass is 403 g/mol. The van der Waals surface area contributed by atoms with E-state index in [1.807, 2.05) is 24.3 Å². The van der Waals surface area contributed by atoms with E-state index in [2.05, 4.69) is 5.32 Å². The predicted octanol–water partition coefficient (Wildman–Crippen LogP) is 1.78. The minimum Gasteiger partial charge on any atom is -0.497 e. The zero-order chi connectivity index (χ0) is 20.8. The number of hydrogen-bond acceptors (Lipinski definition) is 5. The van der Waals surface area contributed by atoms with Gasteiger partial charge in [-0.15, -0.1) is 0 Å². The van der Waals surface area contributed by atoms with Gasteiger partial charge < -0.3 is 24.6 Å². The molecular formula is C21H29N3O5. The number of methoxy groups -OCH3 is 1. The molecule has 3 rings (SSSR count). The van der Waals surface area contributed by atoms with E-state index in [-0.39, 0.29) is 36.3 Å². The maximum absolute atomic E-state index is 12.6. The van der Waals surface area contributed by atoms with E-state index >= 15 is 0 Å². The summed E-state index contributed by atoms with van der Waals surface area (Å²) in [5.74, 6) is 0.361. The molecule has 0 aliphatic carbocycles. The quantitative estimate of drug-likeness (QED) is 0.782. The Kier molecular flexibility index (Phi) is 6.95. The fourth-order valence-corrected chi connectivity index (χ4v) is 3.79. The minimum atomic E-state index is -0.330. The van der Waals surface area contributed by atoms with Crippen LogP contribution in [0, 0.1) is 5.92 Å². The summed E-state index contributed by atoms with van der Waals surface area (Å²) in [5.41, 5.74) is 1.01. The van der Waals surface area contributed by atoms with Gasteiger partial charge in [0.25, 0.3) is 0 Å². The molecule has 2 heterocycles. The smallest absolute Gasteiger partial charge is 0.409 e. The predicted molar refractivity (Wildman–Crippen MR) is 106 cm³/mol. The Balaban J connectivity index is 1.46. The van der Waals surface area contributed by atoms with Crippen LogP contribution in [0.2, 0.25) is 0 Å². The van der Waals surface area contributed by atoms with E-state index in [0.29, 0.717) is 45.6 Å². The Morgan fingerprint density at radius 3 is 2.48 bits per heavy atom. The molecule has 158 valence electrons. The van der Waals surface area contributed by atoms with Crippen LogP contribution in [0.4, 0.5) is 4.79 Å². The van der Waals surface area contributed by atoms with Crippen molar-refractivity contribution in [1.29, 1.82) is 0 Å². The van der Waals surface area contributed by atoms with Crippen LogP contribution in [0.15, 0.2) is 24.3 Å². The molecule has 8 nitrogen and oxygen atoms in total. The van der Waals surface area contributed by atoms with E-state index < -0.39 is 0 Å². The second-order valence-corrected chi connectivity index (χ2v) is 7.49. The summed E-state index contributed by atoms with van der Waals surface area (Å²) in [6, 6.07) is 7.61. The first-order chi connectivity index (χ1) is 14.0. The van der Waals surface area contributed by atoms with Crippen LogP contribution >= 0.6 is 0 Å². The molecule has 8 heteroatoms. The largest absolute Gasteiger partial charge is 0.497 e. The first-order valence-corrected chi connectivity index (χ1v) is 10.1. The zero-order valence-electron chi connectivity index (χ0n) is 17.1. The SMILES string of the molecule is CCOC(=O)N1CCC(NC(=O)C2CC(=O)N(Cc3ccc(OC)cc3)C2)CC1. The molecule has 1 aromatic rings. The van der Waals surface area contributed by atoms with Crippen LogP contribution < -0.4 is 10.1 Å². The van der Waals surface area contributed by atoms with Crippen molar-refractivity contribution in [1.82, 2.24) is 15.1 Å². The third kappa shape index (κ3) is 5.40. The third-order valence-electron chi connectivity index (χ3n) is 5.49. The first kappa shape index (κ1) is 21.0. The van der Waals surface area contributed by atoms with Crippen LogP contribution in [-0.2, 0) is 20.9 Å². The third-order valence-corrected chi connectivity index (χ3v) is 5.49. The van der Waals surface area contributed by atoms with Gasteiger partial charge in [-0.25, -0.2) is 4.79 Å². The molecule has 29 heavy (non-hydrogen) atoms. The topological polar surface area (TPSA) is 88.2 Å². The number of likely N-dealkylation sites (tertiary alicyclic amines) is 2. The number of ether oxygens (including phenoxy) is 2. The maximum Gasteiger partial charge on any atom is 0.409 e.